The highest BCUT2D eigenvalue weighted by Gasteiger charge is 2.26. The normalized spacial score (nSPS) is 13.2. The second kappa shape index (κ2) is 8.78. The molecule has 0 aliphatic heterocycles. The van der Waals surface area contributed by atoms with Gasteiger partial charge in [-0.2, -0.15) is 0 Å². The Morgan fingerprint density at radius 2 is 1.95 bits per heavy atom. The number of benzene rings is 1. The van der Waals surface area contributed by atoms with E-state index in [0.29, 0.717) is 22.2 Å². The zero-order valence-corrected chi connectivity index (χ0v) is 13.4. The smallest absolute Gasteiger partial charge is 0.139 e. The summed E-state index contributed by atoms with van der Waals surface area (Å²) in [4.78, 5) is 0. The van der Waals surface area contributed by atoms with Gasteiger partial charge in [0.25, 0.3) is 0 Å². The van der Waals surface area contributed by atoms with Crippen LogP contribution in [0.3, 0.4) is 0 Å². The van der Waals surface area contributed by atoms with Crippen molar-refractivity contribution in [3.05, 3.63) is 28.2 Å². The highest BCUT2D eigenvalue weighted by atomic mass is 35.5. The topological polar surface area (TPSA) is 82.0 Å². The molecule has 0 spiro atoms. The lowest BCUT2D eigenvalue weighted by Gasteiger charge is -2.30. The molecule has 0 amide bonds. The number of hydrogen-bond acceptors (Lipinski definition) is 5. The van der Waals surface area contributed by atoms with Gasteiger partial charge in [0.2, 0.25) is 0 Å². The molecule has 1 rings (SSSR count). The van der Waals surface area contributed by atoms with Gasteiger partial charge in [-0.05, 0) is 18.6 Å². The molecule has 4 N–H and O–H groups in total. The van der Waals surface area contributed by atoms with Gasteiger partial charge in [0.05, 0.1) is 23.8 Å². The van der Waals surface area contributed by atoms with E-state index in [-0.39, 0.29) is 26.4 Å². The van der Waals surface area contributed by atoms with E-state index in [1.54, 1.807) is 18.2 Å². The van der Waals surface area contributed by atoms with Crippen LogP contribution >= 0.6 is 23.2 Å². The van der Waals surface area contributed by atoms with Crippen LogP contribution in [0.15, 0.2) is 18.2 Å². The molecule has 1 aromatic rings. The molecule has 0 heterocycles. The Morgan fingerprint density at radius 1 is 1.29 bits per heavy atom. The van der Waals surface area contributed by atoms with E-state index >= 15 is 0 Å². The van der Waals surface area contributed by atoms with Crippen LogP contribution in [0.25, 0.3) is 0 Å². The first-order valence-electron chi connectivity index (χ1n) is 6.69. The molecular weight excluding hydrogens is 317 g/mol. The minimum absolute atomic E-state index is 0.0176. The number of nitrogens with one attached hydrogen (secondary N) is 1. The van der Waals surface area contributed by atoms with E-state index in [1.165, 1.54) is 0 Å². The lowest BCUT2D eigenvalue weighted by molar-refractivity contribution is 0.0569. The van der Waals surface area contributed by atoms with Crippen LogP contribution in [0.5, 0.6) is 5.75 Å². The number of rotatable bonds is 9. The van der Waals surface area contributed by atoms with Gasteiger partial charge in [-0.15, -0.1) is 0 Å². The number of β-amino-alcohol motifs (C(OH)–C–C–N with tert-alkyl or cyclic N) is 1. The Kier molecular flexibility index (Phi) is 7.73. The number of aliphatic hydroxyl groups excluding tert-OH is 3. The molecule has 1 aromatic carbocycles. The molecule has 120 valence electrons. The average molecular weight is 338 g/mol. The Hall–Kier alpha value is -0.560. The predicted molar refractivity (Wildman–Crippen MR) is 83.2 cm³/mol. The fourth-order valence-corrected chi connectivity index (χ4v) is 2.01. The number of ether oxygens (including phenoxy) is 1. The van der Waals surface area contributed by atoms with Gasteiger partial charge in [-0.3, -0.25) is 0 Å². The Labute approximate surface area is 134 Å². The monoisotopic (exact) mass is 337 g/mol. The molecule has 1 atom stereocenters. The molecule has 21 heavy (non-hydrogen) atoms. The fraction of sp³-hybridized carbons (Fsp3) is 0.571. The lowest BCUT2D eigenvalue weighted by Crippen LogP contribution is -2.54. The average Bonchev–Trinajstić information content (AvgIpc) is 2.50. The maximum Gasteiger partial charge on any atom is 0.139 e. The van der Waals surface area contributed by atoms with Crippen molar-refractivity contribution in [3.63, 3.8) is 0 Å². The van der Waals surface area contributed by atoms with Gasteiger partial charge in [0.15, 0.2) is 0 Å². The summed E-state index contributed by atoms with van der Waals surface area (Å²) >= 11 is 11.8. The van der Waals surface area contributed by atoms with Crippen LogP contribution in [-0.4, -0.2) is 53.3 Å². The quantitative estimate of drug-likeness (QED) is 0.548. The predicted octanol–water partition coefficient (Wildman–Crippen LogP) is 1.46. The van der Waals surface area contributed by atoms with Gasteiger partial charge in [-0.25, -0.2) is 0 Å². The largest absolute Gasteiger partial charge is 0.489 e. The zero-order valence-electron chi connectivity index (χ0n) is 11.9. The van der Waals surface area contributed by atoms with Crippen molar-refractivity contribution in [2.45, 2.75) is 25.0 Å². The van der Waals surface area contributed by atoms with Crippen LogP contribution in [0.2, 0.25) is 10.0 Å². The summed E-state index contributed by atoms with van der Waals surface area (Å²) in [6, 6.07) is 4.83. The first-order chi connectivity index (χ1) is 9.96. The molecule has 0 bridgehead atoms. The molecule has 0 aliphatic carbocycles. The van der Waals surface area contributed by atoms with Crippen LogP contribution in [0, 0.1) is 0 Å². The van der Waals surface area contributed by atoms with Crippen LogP contribution < -0.4 is 10.1 Å². The van der Waals surface area contributed by atoms with Gasteiger partial charge >= 0.3 is 0 Å². The number of halogens is 2. The minimum atomic E-state index is -0.816. The Bertz CT molecular complexity index is 433. The molecule has 0 fully saturated rings. The van der Waals surface area contributed by atoms with E-state index in [1.807, 2.05) is 6.92 Å². The summed E-state index contributed by atoms with van der Waals surface area (Å²) in [5.74, 6) is 0.397. The highest BCUT2D eigenvalue weighted by Crippen LogP contribution is 2.27. The third-order valence-electron chi connectivity index (χ3n) is 3.32. The number of hydrogen-bond donors (Lipinski definition) is 4. The molecule has 0 aromatic heterocycles. The molecular formula is C14H21Cl2NO4. The summed E-state index contributed by atoms with van der Waals surface area (Å²) in [5.41, 5.74) is -0.797. The minimum Gasteiger partial charge on any atom is -0.489 e. The summed E-state index contributed by atoms with van der Waals surface area (Å²) in [6.45, 7) is 1.60. The number of aliphatic hydroxyl groups is 3. The van der Waals surface area contributed by atoms with Crippen LogP contribution in [0.4, 0.5) is 0 Å². The first-order valence-corrected chi connectivity index (χ1v) is 7.44. The second-order valence-electron chi connectivity index (χ2n) is 4.87. The summed E-state index contributed by atoms with van der Waals surface area (Å²) < 4.78 is 5.41. The van der Waals surface area contributed by atoms with Crippen molar-refractivity contribution < 1.29 is 20.1 Å². The Morgan fingerprint density at radius 3 is 2.52 bits per heavy atom. The maximum atomic E-state index is 9.89. The van der Waals surface area contributed by atoms with Crippen LogP contribution in [0.1, 0.15) is 13.3 Å². The highest BCUT2D eigenvalue weighted by molar-refractivity contribution is 6.34. The van der Waals surface area contributed by atoms with Gasteiger partial charge in [-0.1, -0.05) is 30.1 Å². The lowest BCUT2D eigenvalue weighted by atomic mass is 9.98. The van der Waals surface area contributed by atoms with Crippen molar-refractivity contribution >= 4 is 23.2 Å². The first kappa shape index (κ1) is 18.5. The maximum absolute atomic E-state index is 9.89. The van der Waals surface area contributed by atoms with Gasteiger partial charge in [0.1, 0.15) is 18.5 Å². The van der Waals surface area contributed by atoms with Crippen molar-refractivity contribution in [1.82, 2.24) is 5.32 Å². The molecule has 7 heteroatoms. The van der Waals surface area contributed by atoms with Crippen LogP contribution in [-0.2, 0) is 0 Å². The molecule has 0 aliphatic rings. The molecule has 0 saturated heterocycles. The van der Waals surface area contributed by atoms with E-state index in [0.717, 1.165) is 0 Å². The molecule has 5 nitrogen and oxygen atoms in total. The van der Waals surface area contributed by atoms with E-state index in [2.05, 4.69) is 5.32 Å². The second-order valence-corrected chi connectivity index (χ2v) is 5.71. The molecule has 1 unspecified atom stereocenters. The van der Waals surface area contributed by atoms with Crippen molar-refractivity contribution in [2.24, 2.45) is 0 Å². The molecule has 0 saturated carbocycles. The van der Waals surface area contributed by atoms with Crippen molar-refractivity contribution in [3.8, 4) is 5.75 Å². The summed E-state index contributed by atoms with van der Waals surface area (Å²) in [7, 11) is 0. The SMILES string of the molecule is CCC(CO)(CO)NCC(O)COc1cc(Cl)ccc1Cl. The summed E-state index contributed by atoms with van der Waals surface area (Å²) in [6.07, 6.45) is -0.280. The Balaban J connectivity index is 2.47. The van der Waals surface area contributed by atoms with Gasteiger partial charge in [0, 0.05) is 17.6 Å². The summed E-state index contributed by atoms with van der Waals surface area (Å²) in [5, 5.41) is 32.3. The standard InChI is InChI=1S/C14H21Cl2NO4/c1-2-14(8-18,9-19)17-6-11(20)7-21-13-5-10(15)3-4-12(13)16/h3-5,11,17-20H,2,6-9H2,1H3. The van der Waals surface area contributed by atoms with Crippen molar-refractivity contribution in [2.75, 3.05) is 26.4 Å². The third kappa shape index (κ3) is 5.62. The van der Waals surface area contributed by atoms with E-state index < -0.39 is 11.6 Å². The zero-order chi connectivity index (χ0) is 15.9. The molecule has 0 radical (unpaired) electrons. The van der Waals surface area contributed by atoms with E-state index in [4.69, 9.17) is 27.9 Å². The third-order valence-corrected chi connectivity index (χ3v) is 3.87. The van der Waals surface area contributed by atoms with E-state index in [9.17, 15) is 15.3 Å². The van der Waals surface area contributed by atoms with Crippen molar-refractivity contribution in [1.29, 1.82) is 0 Å². The van der Waals surface area contributed by atoms with Gasteiger partial charge < -0.3 is 25.4 Å². The fourth-order valence-electron chi connectivity index (χ4n) is 1.68.